The molecule has 180 valence electrons. The van der Waals surface area contributed by atoms with Gasteiger partial charge in [-0.15, -0.1) is 0 Å². The highest BCUT2D eigenvalue weighted by Crippen LogP contribution is 2.27. The van der Waals surface area contributed by atoms with Crippen molar-refractivity contribution in [2.45, 2.75) is 24.3 Å². The van der Waals surface area contributed by atoms with Crippen molar-refractivity contribution in [1.29, 1.82) is 0 Å². The first kappa shape index (κ1) is 23.9. The van der Waals surface area contributed by atoms with E-state index < -0.39 is 17.3 Å². The minimum atomic E-state index is -0.872. The number of anilines is 1. The maximum Gasteiger partial charge on any atom is 0.252 e. The molecule has 0 saturated carbocycles. The van der Waals surface area contributed by atoms with Crippen molar-refractivity contribution in [3.8, 4) is 11.5 Å². The van der Waals surface area contributed by atoms with Gasteiger partial charge in [0, 0.05) is 17.8 Å². The van der Waals surface area contributed by atoms with Crippen LogP contribution in [0.3, 0.4) is 0 Å². The van der Waals surface area contributed by atoms with Crippen LogP contribution in [0.25, 0.3) is 0 Å². The minimum Gasteiger partial charge on any atom is -0.497 e. The quantitative estimate of drug-likeness (QED) is 0.501. The van der Waals surface area contributed by atoms with Gasteiger partial charge in [0.1, 0.15) is 23.5 Å². The molecule has 1 fully saturated rings. The van der Waals surface area contributed by atoms with Crippen LogP contribution in [0.2, 0.25) is 0 Å². The number of primary amides is 1. The summed E-state index contributed by atoms with van der Waals surface area (Å²) in [4.78, 5) is 31.5. The van der Waals surface area contributed by atoms with E-state index in [-0.39, 0.29) is 5.91 Å². The number of hydrogen-bond donors (Lipinski definition) is 3. The van der Waals surface area contributed by atoms with Gasteiger partial charge in [0.15, 0.2) is 11.2 Å². The predicted molar refractivity (Wildman–Crippen MR) is 133 cm³/mol. The summed E-state index contributed by atoms with van der Waals surface area (Å²) in [5.41, 5.74) is 6.78. The maximum absolute atomic E-state index is 12.8. The summed E-state index contributed by atoms with van der Waals surface area (Å²) in [7, 11) is 1.60. The van der Waals surface area contributed by atoms with Crippen LogP contribution in [-0.2, 0) is 4.79 Å². The molecule has 2 aliphatic rings. The van der Waals surface area contributed by atoms with Crippen LogP contribution in [0, 0.1) is 0 Å². The fourth-order valence-corrected chi connectivity index (χ4v) is 4.89. The third-order valence-electron chi connectivity index (χ3n) is 5.68. The highest BCUT2D eigenvalue weighted by molar-refractivity contribution is 8.15. The van der Waals surface area contributed by atoms with Gasteiger partial charge in [-0.2, -0.15) is 0 Å². The molecule has 2 amide bonds. The SMILES string of the molecule is COc1ccc(NC2=NC(C(N)=O)C(NC(=O)c3ccc(OCCN4CCCC4)cc3)S2)cc1. The molecule has 2 heterocycles. The summed E-state index contributed by atoms with van der Waals surface area (Å²) < 4.78 is 11.0. The zero-order valence-corrected chi connectivity index (χ0v) is 19.8. The van der Waals surface area contributed by atoms with E-state index in [2.05, 4.69) is 20.5 Å². The summed E-state index contributed by atoms with van der Waals surface area (Å²) in [5, 5.41) is 5.90. The topological polar surface area (TPSA) is 118 Å². The van der Waals surface area contributed by atoms with Gasteiger partial charge in [-0.1, -0.05) is 11.8 Å². The van der Waals surface area contributed by atoms with E-state index in [9.17, 15) is 9.59 Å². The molecule has 0 radical (unpaired) electrons. The molecule has 0 aliphatic carbocycles. The molecule has 0 bridgehead atoms. The van der Waals surface area contributed by atoms with E-state index in [1.165, 1.54) is 24.6 Å². The van der Waals surface area contributed by atoms with Gasteiger partial charge in [-0.05, 0) is 74.5 Å². The van der Waals surface area contributed by atoms with Crippen LogP contribution >= 0.6 is 11.8 Å². The van der Waals surface area contributed by atoms with E-state index in [1.54, 1.807) is 31.4 Å². The molecule has 0 spiro atoms. The Morgan fingerprint density at radius 1 is 1.09 bits per heavy atom. The van der Waals surface area contributed by atoms with Crippen molar-refractivity contribution in [2.75, 3.05) is 38.7 Å². The number of amidine groups is 1. The molecule has 2 unspecified atom stereocenters. The molecule has 10 heteroatoms. The Kier molecular flexibility index (Phi) is 7.91. The van der Waals surface area contributed by atoms with Crippen molar-refractivity contribution in [1.82, 2.24) is 10.2 Å². The van der Waals surface area contributed by atoms with E-state index in [4.69, 9.17) is 15.2 Å². The molecule has 0 aromatic heterocycles. The predicted octanol–water partition coefficient (Wildman–Crippen LogP) is 2.29. The second-order valence-electron chi connectivity index (χ2n) is 8.07. The molecule has 1 saturated heterocycles. The van der Waals surface area contributed by atoms with Crippen LogP contribution in [-0.4, -0.2) is 66.6 Å². The van der Waals surface area contributed by atoms with Crippen molar-refractivity contribution in [3.05, 3.63) is 54.1 Å². The van der Waals surface area contributed by atoms with Crippen molar-refractivity contribution < 1.29 is 19.1 Å². The van der Waals surface area contributed by atoms with Crippen molar-refractivity contribution in [2.24, 2.45) is 10.7 Å². The number of likely N-dealkylation sites (tertiary alicyclic amines) is 1. The summed E-state index contributed by atoms with van der Waals surface area (Å²) in [6.07, 6.45) is 2.51. The zero-order valence-electron chi connectivity index (χ0n) is 19.0. The van der Waals surface area contributed by atoms with Gasteiger partial charge in [-0.25, -0.2) is 4.99 Å². The van der Waals surface area contributed by atoms with Crippen LogP contribution in [0.4, 0.5) is 5.69 Å². The highest BCUT2D eigenvalue weighted by Gasteiger charge is 2.35. The summed E-state index contributed by atoms with van der Waals surface area (Å²) >= 11 is 1.25. The fraction of sp³-hybridized carbons (Fsp3) is 0.375. The number of amides is 2. The molecule has 4 N–H and O–H groups in total. The average molecular weight is 484 g/mol. The number of carbonyl (C=O) groups is 2. The van der Waals surface area contributed by atoms with Crippen LogP contribution < -0.4 is 25.8 Å². The number of hydrogen-bond acceptors (Lipinski definition) is 8. The largest absolute Gasteiger partial charge is 0.497 e. The number of nitrogens with one attached hydrogen (secondary N) is 2. The Morgan fingerprint density at radius 3 is 2.41 bits per heavy atom. The number of carbonyl (C=O) groups excluding carboxylic acids is 2. The lowest BCUT2D eigenvalue weighted by molar-refractivity contribution is -0.119. The minimum absolute atomic E-state index is 0.312. The lowest BCUT2D eigenvalue weighted by atomic mass is 10.2. The third kappa shape index (κ3) is 6.21. The van der Waals surface area contributed by atoms with E-state index in [1.807, 2.05) is 24.3 Å². The Balaban J connectivity index is 1.30. The van der Waals surface area contributed by atoms with Gasteiger partial charge in [0.25, 0.3) is 5.91 Å². The molecule has 2 atom stereocenters. The van der Waals surface area contributed by atoms with Gasteiger partial charge in [0.2, 0.25) is 5.91 Å². The van der Waals surface area contributed by atoms with Gasteiger partial charge < -0.3 is 25.8 Å². The summed E-state index contributed by atoms with van der Waals surface area (Å²) in [5.74, 6) is 0.532. The van der Waals surface area contributed by atoms with Gasteiger partial charge in [0.05, 0.1) is 7.11 Å². The lowest BCUT2D eigenvalue weighted by Crippen LogP contribution is -2.44. The third-order valence-corrected chi connectivity index (χ3v) is 6.74. The number of benzene rings is 2. The number of nitrogens with zero attached hydrogens (tertiary/aromatic N) is 2. The first-order valence-corrected chi connectivity index (χ1v) is 12.1. The molecule has 4 rings (SSSR count). The molecule has 2 aromatic carbocycles. The summed E-state index contributed by atoms with van der Waals surface area (Å²) in [6.45, 7) is 3.79. The van der Waals surface area contributed by atoms with Crippen molar-refractivity contribution >= 4 is 34.4 Å². The average Bonchev–Trinajstić information content (AvgIpc) is 3.50. The first-order chi connectivity index (χ1) is 16.5. The number of nitrogens with two attached hydrogens (primary N) is 1. The number of methoxy groups -OCH3 is 1. The summed E-state index contributed by atoms with van der Waals surface area (Å²) in [6, 6.07) is 13.4. The molecule has 9 nitrogen and oxygen atoms in total. The number of thioether (sulfide) groups is 1. The second kappa shape index (κ2) is 11.3. The smallest absolute Gasteiger partial charge is 0.252 e. The monoisotopic (exact) mass is 483 g/mol. The van der Waals surface area contributed by atoms with Crippen LogP contribution in [0.1, 0.15) is 23.2 Å². The standard InChI is InChI=1S/C24H29N5O4S/c1-32-18-10-6-17(7-11-18)26-24-27-20(21(25)30)23(34-24)28-22(31)16-4-8-19(9-5-16)33-15-14-29-12-2-3-13-29/h4-11,20,23H,2-3,12-15H2,1H3,(H2,25,30)(H,26,27)(H,28,31). The Labute approximate surface area is 203 Å². The van der Waals surface area contributed by atoms with E-state index in [0.717, 1.165) is 36.8 Å². The van der Waals surface area contributed by atoms with E-state index >= 15 is 0 Å². The van der Waals surface area contributed by atoms with Gasteiger partial charge in [-0.3, -0.25) is 14.5 Å². The normalized spacial score (nSPS) is 20.0. The number of ether oxygens (including phenoxy) is 2. The molecule has 2 aromatic rings. The molecular formula is C24H29N5O4S. The number of aliphatic imine (C=N–C) groups is 1. The zero-order chi connectivity index (χ0) is 23.9. The van der Waals surface area contributed by atoms with Crippen molar-refractivity contribution in [3.63, 3.8) is 0 Å². The molecule has 2 aliphatic heterocycles. The Morgan fingerprint density at radius 2 is 1.76 bits per heavy atom. The Hall–Kier alpha value is -3.24. The van der Waals surface area contributed by atoms with Crippen LogP contribution in [0.5, 0.6) is 11.5 Å². The number of rotatable bonds is 9. The first-order valence-electron chi connectivity index (χ1n) is 11.2. The highest BCUT2D eigenvalue weighted by atomic mass is 32.2. The molecule has 34 heavy (non-hydrogen) atoms. The second-order valence-corrected chi connectivity index (χ2v) is 9.20. The maximum atomic E-state index is 12.8. The lowest BCUT2D eigenvalue weighted by Gasteiger charge is -2.17. The molecular weight excluding hydrogens is 454 g/mol. The Bertz CT molecular complexity index is 1020. The van der Waals surface area contributed by atoms with Crippen LogP contribution in [0.15, 0.2) is 53.5 Å². The van der Waals surface area contributed by atoms with Gasteiger partial charge >= 0.3 is 0 Å². The van der Waals surface area contributed by atoms with E-state index in [0.29, 0.717) is 17.3 Å². The fourth-order valence-electron chi connectivity index (χ4n) is 3.80.